The van der Waals surface area contributed by atoms with Crippen LogP contribution >= 0.6 is 11.6 Å². The highest BCUT2D eigenvalue weighted by Gasteiger charge is 2.29. The number of benzene rings is 2. The van der Waals surface area contributed by atoms with E-state index in [1.54, 1.807) is 7.11 Å². The summed E-state index contributed by atoms with van der Waals surface area (Å²) in [5.74, 6) is 1.03. The van der Waals surface area contributed by atoms with Crippen molar-refractivity contribution >= 4 is 38.6 Å². The molecule has 1 saturated heterocycles. The number of hydrogen-bond acceptors (Lipinski definition) is 6. The van der Waals surface area contributed by atoms with Crippen LogP contribution in [-0.4, -0.2) is 68.2 Å². The molecule has 1 fully saturated rings. The molecule has 37 heavy (non-hydrogen) atoms. The number of methoxy groups -OCH3 is 1. The van der Waals surface area contributed by atoms with Gasteiger partial charge in [0.25, 0.3) is 0 Å². The van der Waals surface area contributed by atoms with Crippen LogP contribution in [0.4, 0.5) is 0 Å². The van der Waals surface area contributed by atoms with E-state index in [9.17, 15) is 13.2 Å². The molecule has 3 N–H and O–H groups in total. The summed E-state index contributed by atoms with van der Waals surface area (Å²) in [6.45, 7) is 2.65. The zero-order chi connectivity index (χ0) is 26.4. The lowest BCUT2D eigenvalue weighted by molar-refractivity contribution is -0.132. The summed E-state index contributed by atoms with van der Waals surface area (Å²) in [7, 11) is -2.04. The summed E-state index contributed by atoms with van der Waals surface area (Å²) in [5, 5.41) is 0.451. The van der Waals surface area contributed by atoms with E-state index >= 15 is 0 Å². The number of fused-ring (bicyclic) bond motifs is 1. The van der Waals surface area contributed by atoms with Gasteiger partial charge in [-0.1, -0.05) is 23.7 Å². The number of carbonyl (C=O) groups is 1. The Morgan fingerprint density at radius 3 is 2.76 bits per heavy atom. The van der Waals surface area contributed by atoms with Crippen molar-refractivity contribution in [3.63, 3.8) is 0 Å². The quantitative estimate of drug-likeness (QED) is 0.356. The second-order valence-electron chi connectivity index (χ2n) is 9.41. The van der Waals surface area contributed by atoms with Gasteiger partial charge in [0.15, 0.2) is 0 Å². The molecule has 1 aliphatic heterocycles. The first-order valence-electron chi connectivity index (χ1n) is 12.5. The predicted molar refractivity (Wildman–Crippen MR) is 144 cm³/mol. The van der Waals surface area contributed by atoms with Gasteiger partial charge in [0.1, 0.15) is 5.82 Å². The molecule has 1 aromatic heterocycles. The molecular weight excluding hydrogens is 514 g/mol. The van der Waals surface area contributed by atoms with Crippen LogP contribution < -0.4 is 10.5 Å². The van der Waals surface area contributed by atoms with Crippen molar-refractivity contribution in [1.82, 2.24) is 19.2 Å². The number of nitrogens with one attached hydrogen (secondary N) is 1. The van der Waals surface area contributed by atoms with Gasteiger partial charge in [-0.25, -0.2) is 18.1 Å². The Labute approximate surface area is 223 Å². The Bertz CT molecular complexity index is 1310. The molecule has 1 aliphatic rings. The standard InChI is InChI=1S/C26H34ClN5O4S/c1-36-15-5-14-32-24-8-3-2-7-23(24)30-26(32)19-6-4-13-31(18-19)25(33)16-21(28)17-29-37(34,35)22-11-9-20(27)10-12-22/h2-3,7-12,19,21,29H,4-6,13-18,28H2,1H3/t19-,21-/m1/s1. The Balaban J connectivity index is 1.38. The van der Waals surface area contributed by atoms with Crippen molar-refractivity contribution in [2.45, 2.75) is 49.1 Å². The van der Waals surface area contributed by atoms with E-state index in [0.29, 0.717) is 24.7 Å². The molecule has 3 aromatic rings. The number of piperidine rings is 1. The molecule has 0 unspecified atom stereocenters. The van der Waals surface area contributed by atoms with Crippen LogP contribution in [0.5, 0.6) is 0 Å². The van der Waals surface area contributed by atoms with Crippen LogP contribution in [0.25, 0.3) is 11.0 Å². The zero-order valence-corrected chi connectivity index (χ0v) is 22.5. The summed E-state index contributed by atoms with van der Waals surface area (Å²) in [5.41, 5.74) is 8.20. The number of likely N-dealkylation sites (tertiary alicyclic amines) is 1. The van der Waals surface area contributed by atoms with Gasteiger partial charge >= 0.3 is 0 Å². The first-order chi connectivity index (χ1) is 17.8. The Morgan fingerprint density at radius 2 is 2.00 bits per heavy atom. The minimum absolute atomic E-state index is 0.0384. The summed E-state index contributed by atoms with van der Waals surface area (Å²) >= 11 is 5.84. The lowest BCUT2D eigenvalue weighted by Crippen LogP contribution is -2.45. The lowest BCUT2D eigenvalue weighted by atomic mass is 9.96. The molecule has 2 heterocycles. The molecule has 2 aromatic carbocycles. The van der Waals surface area contributed by atoms with Crippen molar-refractivity contribution in [1.29, 1.82) is 0 Å². The van der Waals surface area contributed by atoms with E-state index in [2.05, 4.69) is 15.4 Å². The largest absolute Gasteiger partial charge is 0.385 e. The molecule has 0 radical (unpaired) electrons. The number of para-hydroxylation sites is 2. The van der Waals surface area contributed by atoms with E-state index in [4.69, 9.17) is 27.1 Å². The van der Waals surface area contributed by atoms with Crippen molar-refractivity contribution in [3.8, 4) is 0 Å². The van der Waals surface area contributed by atoms with Crippen LogP contribution in [0.2, 0.25) is 5.02 Å². The number of ether oxygens (including phenoxy) is 1. The Hall–Kier alpha value is -2.50. The second-order valence-corrected chi connectivity index (χ2v) is 11.6. The maximum atomic E-state index is 13.1. The van der Waals surface area contributed by atoms with Gasteiger partial charge in [0, 0.05) is 63.3 Å². The first kappa shape index (κ1) is 27.5. The fourth-order valence-electron chi connectivity index (χ4n) is 4.76. The minimum atomic E-state index is -3.74. The SMILES string of the molecule is COCCCn1c([C@@H]2CCCN(C(=O)C[C@@H](N)CNS(=O)(=O)c3ccc(Cl)cc3)C2)nc2ccccc21. The molecule has 2 atom stereocenters. The third-order valence-corrected chi connectivity index (χ3v) is 8.34. The van der Waals surface area contributed by atoms with E-state index in [1.807, 2.05) is 23.1 Å². The molecule has 1 amide bonds. The first-order valence-corrected chi connectivity index (χ1v) is 14.4. The van der Waals surface area contributed by atoms with Crippen LogP contribution in [-0.2, 0) is 26.1 Å². The number of hydrogen-bond donors (Lipinski definition) is 2. The van der Waals surface area contributed by atoms with Gasteiger partial charge in [0.05, 0.1) is 15.9 Å². The van der Waals surface area contributed by atoms with E-state index < -0.39 is 16.1 Å². The number of amides is 1. The number of aromatic nitrogens is 2. The number of nitrogens with two attached hydrogens (primary N) is 1. The summed E-state index contributed by atoms with van der Waals surface area (Å²) in [4.78, 5) is 20.0. The van der Waals surface area contributed by atoms with Crippen LogP contribution in [0, 0.1) is 0 Å². The average molecular weight is 548 g/mol. The van der Waals surface area contributed by atoms with Gasteiger partial charge in [-0.05, 0) is 55.7 Å². The minimum Gasteiger partial charge on any atom is -0.385 e. The Kier molecular flexibility index (Phi) is 9.20. The number of rotatable bonds is 11. The average Bonchev–Trinajstić information content (AvgIpc) is 3.27. The normalized spacial score (nSPS) is 17.3. The highest BCUT2D eigenvalue weighted by Crippen LogP contribution is 2.30. The fourth-order valence-corrected chi connectivity index (χ4v) is 5.98. The molecule has 200 valence electrons. The van der Waals surface area contributed by atoms with Crippen molar-refractivity contribution in [2.24, 2.45) is 5.73 Å². The van der Waals surface area contributed by atoms with Gasteiger partial charge in [-0.15, -0.1) is 0 Å². The molecular formula is C26H34ClN5O4S. The van der Waals surface area contributed by atoms with E-state index in [-0.39, 0.29) is 29.7 Å². The summed E-state index contributed by atoms with van der Waals surface area (Å²) in [6, 6.07) is 13.3. The molecule has 0 saturated carbocycles. The number of aryl methyl sites for hydroxylation is 1. The predicted octanol–water partition coefficient (Wildman–Crippen LogP) is 3.13. The van der Waals surface area contributed by atoms with Crippen LogP contribution in [0.15, 0.2) is 53.4 Å². The van der Waals surface area contributed by atoms with Gasteiger partial charge in [-0.3, -0.25) is 4.79 Å². The molecule has 4 rings (SSSR count). The number of imidazole rings is 1. The molecule has 0 aliphatic carbocycles. The maximum Gasteiger partial charge on any atom is 0.240 e. The Morgan fingerprint density at radius 1 is 1.24 bits per heavy atom. The molecule has 0 spiro atoms. The fraction of sp³-hybridized carbons (Fsp3) is 0.462. The lowest BCUT2D eigenvalue weighted by Gasteiger charge is -2.33. The van der Waals surface area contributed by atoms with Gasteiger partial charge < -0.3 is 19.9 Å². The topological polar surface area (TPSA) is 120 Å². The summed E-state index contributed by atoms with van der Waals surface area (Å²) in [6.07, 6.45) is 2.75. The molecule has 11 heteroatoms. The third-order valence-electron chi connectivity index (χ3n) is 6.65. The number of sulfonamides is 1. The second kappa shape index (κ2) is 12.4. The van der Waals surface area contributed by atoms with E-state index in [1.165, 1.54) is 24.3 Å². The van der Waals surface area contributed by atoms with Crippen molar-refractivity contribution in [3.05, 3.63) is 59.4 Å². The highest BCUT2D eigenvalue weighted by atomic mass is 35.5. The monoisotopic (exact) mass is 547 g/mol. The number of halogens is 1. The molecule has 9 nitrogen and oxygen atoms in total. The number of carbonyl (C=O) groups excluding carboxylic acids is 1. The van der Waals surface area contributed by atoms with Gasteiger partial charge in [0.2, 0.25) is 15.9 Å². The van der Waals surface area contributed by atoms with Crippen molar-refractivity contribution < 1.29 is 17.9 Å². The van der Waals surface area contributed by atoms with Crippen LogP contribution in [0.3, 0.4) is 0 Å². The van der Waals surface area contributed by atoms with E-state index in [0.717, 1.165) is 42.7 Å². The molecule has 0 bridgehead atoms. The number of nitrogens with zero attached hydrogens (tertiary/aromatic N) is 3. The van der Waals surface area contributed by atoms with Gasteiger partial charge in [-0.2, -0.15) is 0 Å². The summed E-state index contributed by atoms with van der Waals surface area (Å²) < 4.78 is 35.0. The zero-order valence-electron chi connectivity index (χ0n) is 21.0. The van der Waals surface area contributed by atoms with Crippen LogP contribution in [0.1, 0.15) is 37.4 Å². The van der Waals surface area contributed by atoms with Crippen molar-refractivity contribution in [2.75, 3.05) is 33.4 Å². The smallest absolute Gasteiger partial charge is 0.240 e. The maximum absolute atomic E-state index is 13.1. The highest BCUT2D eigenvalue weighted by molar-refractivity contribution is 7.89. The third kappa shape index (κ3) is 6.88.